The molecular weight excluding hydrogens is 328 g/mol. The van der Waals surface area contributed by atoms with Crippen LogP contribution in [0.1, 0.15) is 19.0 Å². The lowest BCUT2D eigenvalue weighted by atomic mass is 10.3. The van der Waals surface area contributed by atoms with Gasteiger partial charge in [-0.1, -0.05) is 34.5 Å². The van der Waals surface area contributed by atoms with Gasteiger partial charge in [0.25, 0.3) is 0 Å². The summed E-state index contributed by atoms with van der Waals surface area (Å²) in [6.45, 7) is 4.81. The van der Waals surface area contributed by atoms with E-state index >= 15 is 0 Å². The van der Waals surface area contributed by atoms with Crippen molar-refractivity contribution in [3.05, 3.63) is 33.4 Å². The van der Waals surface area contributed by atoms with E-state index in [9.17, 15) is 0 Å². The van der Waals surface area contributed by atoms with Crippen LogP contribution in [-0.2, 0) is 6.54 Å². The van der Waals surface area contributed by atoms with Crippen molar-refractivity contribution in [3.8, 4) is 0 Å². The third-order valence-electron chi connectivity index (χ3n) is 2.79. The molecule has 0 saturated heterocycles. The number of anilines is 3. The molecule has 1 aromatic carbocycles. The fourth-order valence-corrected chi connectivity index (χ4v) is 2.54. The third kappa shape index (κ3) is 3.04. The van der Waals surface area contributed by atoms with Gasteiger partial charge in [0, 0.05) is 11.0 Å². The van der Waals surface area contributed by atoms with Crippen molar-refractivity contribution >= 4 is 44.7 Å². The van der Waals surface area contributed by atoms with E-state index in [0.29, 0.717) is 10.7 Å². The Bertz CT molecular complexity index is 595. The van der Waals surface area contributed by atoms with Gasteiger partial charge in [0.1, 0.15) is 0 Å². The van der Waals surface area contributed by atoms with Crippen molar-refractivity contribution in [2.45, 2.75) is 26.8 Å². The second kappa shape index (κ2) is 5.84. The molecule has 6 heteroatoms. The van der Waals surface area contributed by atoms with Gasteiger partial charge in [-0.2, -0.15) is 5.10 Å². The van der Waals surface area contributed by atoms with Gasteiger partial charge in [-0.15, -0.1) is 0 Å². The van der Waals surface area contributed by atoms with E-state index in [2.05, 4.69) is 33.3 Å². The molecule has 0 unspecified atom stereocenters. The van der Waals surface area contributed by atoms with Gasteiger partial charge >= 0.3 is 0 Å². The molecule has 102 valence electrons. The molecule has 0 atom stereocenters. The van der Waals surface area contributed by atoms with Crippen LogP contribution in [0.4, 0.5) is 17.2 Å². The third-order valence-corrected chi connectivity index (χ3v) is 3.60. The molecule has 2 aromatic rings. The Labute approximate surface area is 126 Å². The Hall–Kier alpha value is -1.20. The van der Waals surface area contributed by atoms with Gasteiger partial charge in [-0.3, -0.25) is 0 Å². The van der Waals surface area contributed by atoms with Crippen LogP contribution in [0.2, 0.25) is 5.02 Å². The minimum absolute atomic E-state index is 0.635. The van der Waals surface area contributed by atoms with Crippen molar-refractivity contribution in [2.24, 2.45) is 0 Å². The molecule has 0 fully saturated rings. The minimum atomic E-state index is 0.635. The number of benzene rings is 1. The predicted molar refractivity (Wildman–Crippen MR) is 84.1 cm³/mol. The number of halogens is 2. The van der Waals surface area contributed by atoms with Crippen LogP contribution in [0.15, 0.2) is 22.7 Å². The number of nitrogens with one attached hydrogen (secondary N) is 1. The lowest BCUT2D eigenvalue weighted by molar-refractivity contribution is 0.605. The number of nitrogen functional groups attached to an aromatic ring is 1. The van der Waals surface area contributed by atoms with E-state index < -0.39 is 0 Å². The van der Waals surface area contributed by atoms with E-state index in [-0.39, 0.29) is 0 Å². The summed E-state index contributed by atoms with van der Waals surface area (Å²) < 4.78 is 2.82. The van der Waals surface area contributed by atoms with E-state index in [1.54, 1.807) is 0 Å². The van der Waals surface area contributed by atoms with Crippen LogP contribution in [0.3, 0.4) is 0 Å². The molecule has 3 N–H and O–H groups in total. The maximum atomic E-state index is 6.20. The van der Waals surface area contributed by atoms with Gasteiger partial charge in [0.15, 0.2) is 5.82 Å². The number of hydrogen-bond acceptors (Lipinski definition) is 3. The molecule has 0 radical (unpaired) electrons. The number of rotatable bonds is 4. The smallest absolute Gasteiger partial charge is 0.152 e. The molecule has 19 heavy (non-hydrogen) atoms. The van der Waals surface area contributed by atoms with Crippen LogP contribution in [0, 0.1) is 6.92 Å². The topological polar surface area (TPSA) is 55.9 Å². The average molecular weight is 344 g/mol. The molecular formula is C13H16BrClN4. The van der Waals surface area contributed by atoms with Crippen molar-refractivity contribution in [1.82, 2.24) is 9.78 Å². The zero-order valence-corrected chi connectivity index (χ0v) is 13.2. The molecule has 0 aliphatic heterocycles. The lowest BCUT2D eigenvalue weighted by Gasteiger charge is -2.11. The molecule has 1 heterocycles. The van der Waals surface area contributed by atoms with Gasteiger partial charge in [0.05, 0.1) is 22.1 Å². The van der Waals surface area contributed by atoms with Gasteiger partial charge < -0.3 is 11.1 Å². The van der Waals surface area contributed by atoms with Gasteiger partial charge in [0.2, 0.25) is 0 Å². The van der Waals surface area contributed by atoms with Crippen molar-refractivity contribution in [2.75, 3.05) is 11.1 Å². The number of nitrogens with zero attached hydrogens (tertiary/aromatic N) is 2. The highest BCUT2D eigenvalue weighted by Crippen LogP contribution is 2.31. The molecule has 2 rings (SSSR count). The predicted octanol–water partition coefficient (Wildman–Crippen LogP) is 4.34. The summed E-state index contributed by atoms with van der Waals surface area (Å²) in [5.74, 6) is 0.795. The summed E-state index contributed by atoms with van der Waals surface area (Å²) in [7, 11) is 0. The minimum Gasteiger partial charge on any atom is -0.394 e. The number of nitrogens with two attached hydrogens (primary N) is 1. The van der Waals surface area contributed by atoms with Gasteiger partial charge in [-0.25, -0.2) is 4.68 Å². The second-order valence-electron chi connectivity index (χ2n) is 4.32. The molecule has 4 nitrogen and oxygen atoms in total. The molecule has 0 aliphatic carbocycles. The van der Waals surface area contributed by atoms with Crippen LogP contribution >= 0.6 is 27.5 Å². The first-order valence-corrected chi connectivity index (χ1v) is 7.25. The maximum Gasteiger partial charge on any atom is 0.152 e. The first-order valence-electron chi connectivity index (χ1n) is 6.08. The van der Waals surface area contributed by atoms with E-state index in [1.165, 1.54) is 0 Å². The zero-order chi connectivity index (χ0) is 14.0. The first-order chi connectivity index (χ1) is 9.02. The Balaban J connectivity index is 2.37. The quantitative estimate of drug-likeness (QED) is 0.868. The molecule has 1 aromatic heterocycles. The van der Waals surface area contributed by atoms with E-state index in [4.69, 9.17) is 17.3 Å². The molecule has 0 amide bonds. The first kappa shape index (κ1) is 14.2. The van der Waals surface area contributed by atoms with Crippen molar-refractivity contribution < 1.29 is 0 Å². The van der Waals surface area contributed by atoms with Crippen LogP contribution in [0.5, 0.6) is 0 Å². The van der Waals surface area contributed by atoms with E-state index in [0.717, 1.165) is 34.6 Å². The number of hydrogen-bond donors (Lipinski definition) is 2. The normalized spacial score (nSPS) is 10.7. The van der Waals surface area contributed by atoms with Crippen LogP contribution in [0.25, 0.3) is 0 Å². The standard InChI is InChI=1S/C13H16BrClN4/c1-3-6-19-13(12(16)8(2)18-19)17-11-5-4-9(14)7-10(11)15/h4-5,7,17H,3,6,16H2,1-2H3. The largest absolute Gasteiger partial charge is 0.394 e. The fourth-order valence-electron chi connectivity index (χ4n) is 1.82. The SMILES string of the molecule is CCCn1nc(C)c(N)c1Nc1ccc(Br)cc1Cl. The second-order valence-corrected chi connectivity index (χ2v) is 5.64. The fraction of sp³-hybridized carbons (Fsp3) is 0.308. The number of aromatic nitrogens is 2. The summed E-state index contributed by atoms with van der Waals surface area (Å²) in [5.41, 5.74) is 8.36. The van der Waals surface area contributed by atoms with Gasteiger partial charge in [-0.05, 0) is 31.5 Å². The summed E-state index contributed by atoms with van der Waals surface area (Å²) in [6.07, 6.45) is 0.989. The lowest BCUT2D eigenvalue weighted by Crippen LogP contribution is -2.05. The monoisotopic (exact) mass is 342 g/mol. The molecule has 0 spiro atoms. The summed E-state index contributed by atoms with van der Waals surface area (Å²) in [6, 6.07) is 5.68. The summed E-state index contributed by atoms with van der Waals surface area (Å²) in [5, 5.41) is 8.32. The highest BCUT2D eigenvalue weighted by molar-refractivity contribution is 9.10. The van der Waals surface area contributed by atoms with E-state index in [1.807, 2.05) is 29.8 Å². The average Bonchev–Trinajstić information content (AvgIpc) is 2.61. The Morgan fingerprint density at radius 3 is 2.84 bits per heavy atom. The molecule has 0 bridgehead atoms. The van der Waals surface area contributed by atoms with Crippen molar-refractivity contribution in [1.29, 1.82) is 0 Å². The van der Waals surface area contributed by atoms with Crippen molar-refractivity contribution in [3.63, 3.8) is 0 Å². The van der Waals surface area contributed by atoms with Crippen LogP contribution < -0.4 is 11.1 Å². The Morgan fingerprint density at radius 2 is 2.21 bits per heavy atom. The summed E-state index contributed by atoms with van der Waals surface area (Å²) in [4.78, 5) is 0. The Kier molecular flexibility index (Phi) is 4.37. The summed E-state index contributed by atoms with van der Waals surface area (Å²) >= 11 is 9.59. The highest BCUT2D eigenvalue weighted by atomic mass is 79.9. The molecule has 0 aliphatic rings. The maximum absolute atomic E-state index is 6.20. The Morgan fingerprint density at radius 1 is 1.47 bits per heavy atom. The zero-order valence-electron chi connectivity index (χ0n) is 10.9. The highest BCUT2D eigenvalue weighted by Gasteiger charge is 2.13. The van der Waals surface area contributed by atoms with Crippen LogP contribution in [-0.4, -0.2) is 9.78 Å². The number of aryl methyl sites for hydroxylation is 2. The molecule has 0 saturated carbocycles.